The fraction of sp³-hybridized carbons (Fsp3) is 0.979. The highest BCUT2D eigenvalue weighted by atomic mass is 16.6. The molecular weight excluding hydrogens is 719 g/mol. The molecule has 8 atom stereocenters. The molecular formula is C48H95NO8. The summed E-state index contributed by atoms with van der Waals surface area (Å²) in [6, 6.07) is -1.13. The van der Waals surface area contributed by atoms with Crippen molar-refractivity contribution in [3.63, 3.8) is 0 Å². The lowest BCUT2D eigenvalue weighted by molar-refractivity contribution is -0.253. The van der Waals surface area contributed by atoms with Gasteiger partial charge in [-0.3, -0.25) is 4.79 Å². The van der Waals surface area contributed by atoms with Gasteiger partial charge in [-0.05, 0) is 12.8 Å². The summed E-state index contributed by atoms with van der Waals surface area (Å²) < 4.78 is 5.62. The standard InChI is InChI=1S/C48H95NO8/c1-3-5-7-9-11-13-15-17-19-20-21-22-24-26-28-30-32-34-36-38-42(52)49-43(45(54)48-47(56)46(55)44(53)41(39-50)57-48)40(51)37-35-33-31-29-27-25-23-18-16-14-12-10-8-6-4-2/h40-41,43-48,50-51,53-56H,3-39H2,1-2H3,(H,49,52)/t40?,41-,43?,44-,45?,46+,47-,48+/m1/s1. The lowest BCUT2D eigenvalue weighted by Gasteiger charge is -2.44. The Bertz CT molecular complexity index is 877. The Morgan fingerprint density at radius 2 is 0.825 bits per heavy atom. The summed E-state index contributed by atoms with van der Waals surface area (Å²) in [5.74, 6) is -0.286. The number of hydrogen-bond acceptors (Lipinski definition) is 8. The van der Waals surface area contributed by atoms with Crippen LogP contribution in [0.2, 0.25) is 0 Å². The van der Waals surface area contributed by atoms with Gasteiger partial charge in [0.05, 0.1) is 18.8 Å². The first-order valence-corrected chi connectivity index (χ1v) is 24.7. The number of aliphatic hydroxyl groups is 6. The summed E-state index contributed by atoms with van der Waals surface area (Å²) in [5, 5.41) is 66.4. The number of nitrogens with one attached hydrogen (secondary N) is 1. The van der Waals surface area contributed by atoms with Crippen molar-refractivity contribution in [2.75, 3.05) is 6.61 Å². The Labute approximate surface area is 350 Å². The van der Waals surface area contributed by atoms with E-state index in [1.54, 1.807) is 0 Å². The summed E-state index contributed by atoms with van der Waals surface area (Å²) >= 11 is 0. The van der Waals surface area contributed by atoms with E-state index >= 15 is 0 Å². The van der Waals surface area contributed by atoms with Crippen LogP contribution in [0.5, 0.6) is 0 Å². The van der Waals surface area contributed by atoms with E-state index in [2.05, 4.69) is 19.2 Å². The molecule has 1 aliphatic rings. The van der Waals surface area contributed by atoms with Gasteiger partial charge in [-0.1, -0.05) is 226 Å². The van der Waals surface area contributed by atoms with Crippen molar-refractivity contribution in [1.82, 2.24) is 5.32 Å². The van der Waals surface area contributed by atoms with Crippen LogP contribution in [0.25, 0.3) is 0 Å². The SMILES string of the molecule is CCCCCCCCCCCCCCCCCCCCCC(=O)NC(C(O)CCCCCCCCCCCCCCCCC)C(O)[C@@H]1O[C@H](CO)[C@@H](O)[C@H](O)[C@H]1O. The number of ether oxygens (including phenoxy) is 1. The molecule has 7 N–H and O–H groups in total. The molecule has 9 nitrogen and oxygen atoms in total. The van der Waals surface area contributed by atoms with Crippen LogP contribution in [0.1, 0.15) is 245 Å². The summed E-state index contributed by atoms with van der Waals surface area (Å²) in [4.78, 5) is 13.1. The maximum absolute atomic E-state index is 13.1. The summed E-state index contributed by atoms with van der Waals surface area (Å²) in [5.41, 5.74) is 0. The lowest BCUT2D eigenvalue weighted by Crippen LogP contribution is -2.66. The third kappa shape index (κ3) is 27.6. The molecule has 0 bridgehead atoms. The van der Waals surface area contributed by atoms with Gasteiger partial charge in [-0.25, -0.2) is 0 Å². The van der Waals surface area contributed by atoms with E-state index in [9.17, 15) is 35.4 Å². The third-order valence-electron chi connectivity index (χ3n) is 12.5. The van der Waals surface area contributed by atoms with Crippen LogP contribution >= 0.6 is 0 Å². The van der Waals surface area contributed by atoms with Gasteiger partial charge < -0.3 is 40.7 Å². The quantitative estimate of drug-likeness (QED) is 0.0301. The summed E-state index contributed by atoms with van der Waals surface area (Å²) in [6.45, 7) is 3.91. The Hall–Kier alpha value is -0.810. The predicted octanol–water partition coefficient (Wildman–Crippen LogP) is 10.1. The Morgan fingerprint density at radius 1 is 0.491 bits per heavy atom. The molecule has 0 aliphatic carbocycles. The molecule has 9 heteroatoms. The molecule has 0 spiro atoms. The Balaban J connectivity index is 2.33. The van der Waals surface area contributed by atoms with Crippen molar-refractivity contribution in [3.8, 4) is 0 Å². The molecule has 57 heavy (non-hydrogen) atoms. The van der Waals surface area contributed by atoms with Crippen molar-refractivity contribution in [3.05, 3.63) is 0 Å². The van der Waals surface area contributed by atoms with E-state index in [1.165, 1.54) is 167 Å². The molecule has 1 aliphatic heterocycles. The molecule has 1 amide bonds. The minimum absolute atomic E-state index is 0.266. The number of hydrogen-bond donors (Lipinski definition) is 7. The van der Waals surface area contributed by atoms with E-state index in [0.717, 1.165) is 44.9 Å². The van der Waals surface area contributed by atoms with Gasteiger partial charge in [-0.15, -0.1) is 0 Å². The molecule has 0 aromatic heterocycles. The molecule has 0 aromatic rings. The zero-order valence-electron chi connectivity index (χ0n) is 37.3. The Kier molecular flexibility index (Phi) is 36.3. The van der Waals surface area contributed by atoms with Crippen LogP contribution in [0, 0.1) is 0 Å². The maximum Gasteiger partial charge on any atom is 0.220 e. The highest BCUT2D eigenvalue weighted by Crippen LogP contribution is 2.26. The molecule has 0 aromatic carbocycles. The van der Waals surface area contributed by atoms with Gasteiger partial charge in [0.15, 0.2) is 0 Å². The molecule has 1 saturated heterocycles. The van der Waals surface area contributed by atoms with Crippen molar-refractivity contribution in [1.29, 1.82) is 0 Å². The first kappa shape index (κ1) is 54.2. The van der Waals surface area contributed by atoms with Crippen LogP contribution in [0.4, 0.5) is 0 Å². The number of carbonyl (C=O) groups is 1. The van der Waals surface area contributed by atoms with Crippen molar-refractivity contribution >= 4 is 5.91 Å². The molecule has 1 rings (SSSR count). The fourth-order valence-electron chi connectivity index (χ4n) is 8.55. The number of rotatable bonds is 41. The van der Waals surface area contributed by atoms with E-state index in [0.29, 0.717) is 12.8 Å². The van der Waals surface area contributed by atoms with Crippen LogP contribution in [-0.2, 0) is 9.53 Å². The van der Waals surface area contributed by atoms with E-state index < -0.39 is 55.4 Å². The molecule has 1 fully saturated rings. The fourth-order valence-corrected chi connectivity index (χ4v) is 8.55. The molecule has 1 heterocycles. The molecule has 0 saturated carbocycles. The predicted molar refractivity (Wildman–Crippen MR) is 235 cm³/mol. The van der Waals surface area contributed by atoms with E-state index in [-0.39, 0.29) is 12.3 Å². The summed E-state index contributed by atoms with van der Waals surface area (Å²) in [6.07, 6.45) is 33.3. The van der Waals surface area contributed by atoms with Crippen molar-refractivity contribution < 1.29 is 40.2 Å². The van der Waals surface area contributed by atoms with Crippen LogP contribution in [0.15, 0.2) is 0 Å². The lowest BCUT2D eigenvalue weighted by atomic mass is 9.87. The number of amides is 1. The van der Waals surface area contributed by atoms with Crippen LogP contribution < -0.4 is 5.32 Å². The van der Waals surface area contributed by atoms with Gasteiger partial charge in [0.1, 0.15) is 36.6 Å². The van der Waals surface area contributed by atoms with Crippen molar-refractivity contribution in [2.45, 2.75) is 294 Å². The Morgan fingerprint density at radius 3 is 1.18 bits per heavy atom. The van der Waals surface area contributed by atoms with Gasteiger partial charge in [0.2, 0.25) is 5.91 Å². The first-order valence-electron chi connectivity index (χ1n) is 24.7. The van der Waals surface area contributed by atoms with Gasteiger partial charge in [0.25, 0.3) is 0 Å². The monoisotopic (exact) mass is 814 g/mol. The minimum atomic E-state index is -1.66. The second-order valence-electron chi connectivity index (χ2n) is 17.8. The van der Waals surface area contributed by atoms with E-state index in [4.69, 9.17) is 4.74 Å². The number of unbranched alkanes of at least 4 members (excludes halogenated alkanes) is 32. The second kappa shape index (κ2) is 38.1. The topological polar surface area (TPSA) is 160 Å². The van der Waals surface area contributed by atoms with Crippen molar-refractivity contribution in [2.24, 2.45) is 0 Å². The maximum atomic E-state index is 13.1. The molecule has 3 unspecified atom stereocenters. The van der Waals surface area contributed by atoms with Gasteiger partial charge in [-0.2, -0.15) is 0 Å². The van der Waals surface area contributed by atoms with Gasteiger partial charge in [0, 0.05) is 6.42 Å². The summed E-state index contributed by atoms with van der Waals surface area (Å²) in [7, 11) is 0. The van der Waals surface area contributed by atoms with Crippen LogP contribution in [-0.4, -0.2) is 91.9 Å². The van der Waals surface area contributed by atoms with Crippen LogP contribution in [0.3, 0.4) is 0 Å². The number of carbonyl (C=O) groups excluding carboxylic acids is 1. The highest BCUT2D eigenvalue weighted by Gasteiger charge is 2.48. The smallest absolute Gasteiger partial charge is 0.220 e. The van der Waals surface area contributed by atoms with E-state index in [1.807, 2.05) is 0 Å². The first-order chi connectivity index (χ1) is 27.8. The third-order valence-corrected chi connectivity index (χ3v) is 12.5. The number of aliphatic hydroxyl groups excluding tert-OH is 6. The van der Waals surface area contributed by atoms with Gasteiger partial charge >= 0.3 is 0 Å². The second-order valence-corrected chi connectivity index (χ2v) is 17.8. The average Bonchev–Trinajstić information content (AvgIpc) is 3.21. The normalized spacial score (nSPS) is 21.4. The molecule has 340 valence electrons. The molecule has 0 radical (unpaired) electrons. The average molecular weight is 814 g/mol. The zero-order valence-corrected chi connectivity index (χ0v) is 37.3. The largest absolute Gasteiger partial charge is 0.394 e. The minimum Gasteiger partial charge on any atom is -0.394 e. The zero-order chi connectivity index (χ0) is 41.8. The highest BCUT2D eigenvalue weighted by molar-refractivity contribution is 5.76.